The maximum atomic E-state index is 13.2. The highest BCUT2D eigenvalue weighted by atomic mass is 35.5. The van der Waals surface area contributed by atoms with E-state index in [0.29, 0.717) is 17.3 Å². The van der Waals surface area contributed by atoms with E-state index >= 15 is 0 Å². The molecule has 1 unspecified atom stereocenters. The van der Waals surface area contributed by atoms with Gasteiger partial charge in [-0.1, -0.05) is 29.8 Å². The Morgan fingerprint density at radius 1 is 1.00 bits per heavy atom. The second-order valence-electron chi connectivity index (χ2n) is 4.35. The lowest BCUT2D eigenvalue weighted by atomic mass is 9.93. The molecule has 0 saturated heterocycles. The summed E-state index contributed by atoms with van der Waals surface area (Å²) in [7, 11) is 0. The Balaban J connectivity index is 2.24. The molecule has 0 amide bonds. The molecule has 0 saturated carbocycles. The topological polar surface area (TPSA) is 0 Å². The Labute approximate surface area is 121 Å². The lowest BCUT2D eigenvalue weighted by Gasteiger charge is -2.15. The van der Waals surface area contributed by atoms with Gasteiger partial charge in [-0.25, -0.2) is 8.78 Å². The van der Waals surface area contributed by atoms with Crippen LogP contribution in [0.1, 0.15) is 17.0 Å². The molecule has 0 aromatic heterocycles. The third-order valence-electron chi connectivity index (χ3n) is 2.99. The molecule has 0 aliphatic heterocycles. The lowest BCUT2D eigenvalue weighted by molar-refractivity contribution is 0.620. The summed E-state index contributed by atoms with van der Waals surface area (Å²) in [6.07, 6.45) is 0.548. The molecular formula is C15H12Cl2F2. The van der Waals surface area contributed by atoms with Crippen molar-refractivity contribution >= 4 is 23.2 Å². The van der Waals surface area contributed by atoms with Crippen LogP contribution in [0.5, 0.6) is 0 Å². The Kier molecular flexibility index (Phi) is 4.78. The average Bonchev–Trinajstić information content (AvgIpc) is 2.38. The molecular weight excluding hydrogens is 289 g/mol. The average molecular weight is 301 g/mol. The molecule has 0 fully saturated rings. The Morgan fingerprint density at radius 2 is 1.74 bits per heavy atom. The molecule has 1 atom stereocenters. The first-order chi connectivity index (χ1) is 9.10. The van der Waals surface area contributed by atoms with Gasteiger partial charge in [-0.05, 0) is 41.8 Å². The Bertz CT molecular complexity index is 570. The molecule has 4 heteroatoms. The fourth-order valence-corrected chi connectivity index (χ4v) is 2.51. The van der Waals surface area contributed by atoms with Gasteiger partial charge in [-0.2, -0.15) is 0 Å². The summed E-state index contributed by atoms with van der Waals surface area (Å²) in [6, 6.07) is 10.6. The molecule has 0 aliphatic carbocycles. The maximum Gasteiger partial charge on any atom is 0.124 e. The fourth-order valence-electron chi connectivity index (χ4n) is 1.97. The van der Waals surface area contributed by atoms with Gasteiger partial charge in [0.2, 0.25) is 0 Å². The summed E-state index contributed by atoms with van der Waals surface area (Å²) in [5, 5.41) is 0.367. The minimum absolute atomic E-state index is 0.0553. The van der Waals surface area contributed by atoms with E-state index in [-0.39, 0.29) is 17.6 Å². The van der Waals surface area contributed by atoms with E-state index in [2.05, 4.69) is 0 Å². The van der Waals surface area contributed by atoms with Crippen LogP contribution in [-0.4, -0.2) is 5.88 Å². The van der Waals surface area contributed by atoms with Crippen LogP contribution in [0.2, 0.25) is 5.02 Å². The molecule has 2 rings (SSSR count). The van der Waals surface area contributed by atoms with Crippen LogP contribution >= 0.6 is 23.2 Å². The quantitative estimate of drug-likeness (QED) is 0.682. The van der Waals surface area contributed by atoms with Gasteiger partial charge in [0, 0.05) is 16.8 Å². The normalized spacial score (nSPS) is 12.4. The van der Waals surface area contributed by atoms with Crippen molar-refractivity contribution in [3.63, 3.8) is 0 Å². The van der Waals surface area contributed by atoms with Crippen LogP contribution < -0.4 is 0 Å². The molecule has 0 bridgehead atoms. The largest absolute Gasteiger partial charge is 0.207 e. The highest BCUT2D eigenvalue weighted by molar-refractivity contribution is 6.31. The third kappa shape index (κ3) is 3.68. The molecule has 0 nitrogen and oxygen atoms in total. The first kappa shape index (κ1) is 14.3. The van der Waals surface area contributed by atoms with Crippen molar-refractivity contribution in [2.75, 3.05) is 5.88 Å². The Hall–Kier alpha value is -1.12. The van der Waals surface area contributed by atoms with Crippen molar-refractivity contribution in [3.8, 4) is 0 Å². The first-order valence-electron chi connectivity index (χ1n) is 5.85. The van der Waals surface area contributed by atoms with Crippen LogP contribution in [0.3, 0.4) is 0 Å². The number of rotatable bonds is 4. The minimum atomic E-state index is -0.373. The van der Waals surface area contributed by atoms with Crippen LogP contribution in [0.25, 0.3) is 0 Å². The molecule has 0 spiro atoms. The van der Waals surface area contributed by atoms with E-state index in [1.54, 1.807) is 12.1 Å². The summed E-state index contributed by atoms with van der Waals surface area (Å²) >= 11 is 11.9. The fraction of sp³-hybridized carbons (Fsp3) is 0.200. The summed E-state index contributed by atoms with van der Waals surface area (Å²) in [5.41, 5.74) is 1.62. The van der Waals surface area contributed by atoms with Gasteiger partial charge in [-0.15, -0.1) is 11.6 Å². The molecule has 0 aliphatic rings. The van der Waals surface area contributed by atoms with E-state index in [4.69, 9.17) is 23.2 Å². The zero-order valence-electron chi connectivity index (χ0n) is 10.0. The van der Waals surface area contributed by atoms with Crippen molar-refractivity contribution in [2.24, 2.45) is 0 Å². The van der Waals surface area contributed by atoms with Crippen LogP contribution in [0.15, 0.2) is 42.5 Å². The zero-order valence-corrected chi connectivity index (χ0v) is 11.6. The summed E-state index contributed by atoms with van der Waals surface area (Å²) in [4.78, 5) is 0. The minimum Gasteiger partial charge on any atom is -0.207 e. The van der Waals surface area contributed by atoms with Crippen molar-refractivity contribution in [1.82, 2.24) is 0 Å². The van der Waals surface area contributed by atoms with E-state index in [1.807, 2.05) is 6.07 Å². The molecule has 0 N–H and O–H groups in total. The van der Waals surface area contributed by atoms with Crippen molar-refractivity contribution < 1.29 is 8.78 Å². The predicted molar refractivity (Wildman–Crippen MR) is 75.0 cm³/mol. The molecule has 0 radical (unpaired) electrons. The second kappa shape index (κ2) is 6.36. The van der Waals surface area contributed by atoms with Gasteiger partial charge < -0.3 is 0 Å². The number of halogens is 4. The van der Waals surface area contributed by atoms with Gasteiger partial charge >= 0.3 is 0 Å². The van der Waals surface area contributed by atoms with Crippen LogP contribution in [0.4, 0.5) is 8.78 Å². The predicted octanol–water partition coefficient (Wildman–Crippen LogP) is 5.18. The van der Waals surface area contributed by atoms with Gasteiger partial charge in [0.05, 0.1) is 0 Å². The van der Waals surface area contributed by atoms with Gasteiger partial charge in [-0.3, -0.25) is 0 Å². The Morgan fingerprint density at radius 3 is 2.37 bits per heavy atom. The van der Waals surface area contributed by atoms with Gasteiger partial charge in [0.25, 0.3) is 0 Å². The van der Waals surface area contributed by atoms with Crippen molar-refractivity contribution in [1.29, 1.82) is 0 Å². The number of alkyl halides is 1. The SMILES string of the molecule is Fc1cccc(C(CCl)Cc2ccc(F)cc2Cl)c1. The monoisotopic (exact) mass is 300 g/mol. The molecule has 0 heterocycles. The van der Waals surface area contributed by atoms with Gasteiger partial charge in [0.15, 0.2) is 0 Å². The molecule has 2 aromatic carbocycles. The summed E-state index contributed by atoms with van der Waals surface area (Å²) < 4.78 is 26.2. The standard InChI is InChI=1S/C15H12Cl2F2/c16-9-12(10-2-1-3-13(18)7-10)6-11-4-5-14(19)8-15(11)17/h1-5,7-8,12H,6,9H2. The van der Waals surface area contributed by atoms with E-state index in [9.17, 15) is 8.78 Å². The van der Waals surface area contributed by atoms with E-state index in [1.165, 1.54) is 24.3 Å². The summed E-state index contributed by atoms with van der Waals surface area (Å²) in [6.45, 7) is 0. The van der Waals surface area contributed by atoms with Crippen LogP contribution in [-0.2, 0) is 6.42 Å². The maximum absolute atomic E-state index is 13.2. The number of benzene rings is 2. The van der Waals surface area contributed by atoms with E-state index < -0.39 is 0 Å². The number of hydrogen-bond donors (Lipinski definition) is 0. The summed E-state index contributed by atoms with van der Waals surface area (Å²) in [5.74, 6) is -0.378. The zero-order chi connectivity index (χ0) is 13.8. The lowest BCUT2D eigenvalue weighted by Crippen LogP contribution is -2.05. The van der Waals surface area contributed by atoms with Gasteiger partial charge in [0.1, 0.15) is 11.6 Å². The highest BCUT2D eigenvalue weighted by Gasteiger charge is 2.14. The molecule has 100 valence electrons. The smallest absolute Gasteiger partial charge is 0.124 e. The van der Waals surface area contributed by atoms with Crippen molar-refractivity contribution in [3.05, 3.63) is 70.2 Å². The third-order valence-corrected chi connectivity index (χ3v) is 3.71. The van der Waals surface area contributed by atoms with Crippen molar-refractivity contribution in [2.45, 2.75) is 12.3 Å². The first-order valence-corrected chi connectivity index (χ1v) is 6.76. The number of hydrogen-bond acceptors (Lipinski definition) is 0. The molecule has 19 heavy (non-hydrogen) atoms. The second-order valence-corrected chi connectivity index (χ2v) is 5.06. The molecule has 2 aromatic rings. The van der Waals surface area contributed by atoms with Crippen LogP contribution in [0, 0.1) is 11.6 Å². The highest BCUT2D eigenvalue weighted by Crippen LogP contribution is 2.27. The van der Waals surface area contributed by atoms with E-state index in [0.717, 1.165) is 11.1 Å².